The summed E-state index contributed by atoms with van der Waals surface area (Å²) < 4.78 is 0. The van der Waals surface area contributed by atoms with Crippen molar-refractivity contribution in [1.29, 1.82) is 0 Å². The van der Waals surface area contributed by atoms with Crippen LogP contribution >= 0.6 is 0 Å². The zero-order chi connectivity index (χ0) is 8.67. The molecule has 3 rings (SSSR count). The van der Waals surface area contributed by atoms with Crippen LogP contribution in [0.2, 0.25) is 0 Å². The van der Waals surface area contributed by atoms with Gasteiger partial charge in [0.15, 0.2) is 0 Å². The summed E-state index contributed by atoms with van der Waals surface area (Å²) >= 11 is 0. The molecule has 13 heavy (non-hydrogen) atoms. The van der Waals surface area contributed by atoms with Crippen molar-refractivity contribution in [3.05, 3.63) is 35.4 Å². The van der Waals surface area contributed by atoms with Crippen molar-refractivity contribution in [1.82, 2.24) is 5.32 Å². The van der Waals surface area contributed by atoms with Crippen LogP contribution in [0.15, 0.2) is 24.3 Å². The van der Waals surface area contributed by atoms with Crippen molar-refractivity contribution in [3.8, 4) is 0 Å². The fourth-order valence-electron chi connectivity index (χ4n) is 2.79. The summed E-state index contributed by atoms with van der Waals surface area (Å²) in [6, 6.07) is 9.56. The molecule has 1 aromatic rings. The van der Waals surface area contributed by atoms with Crippen LogP contribution in [0.4, 0.5) is 0 Å². The highest BCUT2D eigenvalue weighted by Crippen LogP contribution is 2.36. The van der Waals surface area contributed by atoms with Crippen molar-refractivity contribution >= 4 is 0 Å². The fourth-order valence-corrected chi connectivity index (χ4v) is 2.79. The number of piperidine rings is 1. The number of rotatable bonds is 0. The maximum Gasteiger partial charge on any atom is 0.0325 e. The molecule has 1 saturated heterocycles. The molecule has 2 aliphatic rings. The molecule has 0 spiro atoms. The molecule has 1 heterocycles. The molecule has 1 heteroatoms. The summed E-state index contributed by atoms with van der Waals surface area (Å²) in [5, 5.41) is 3.61. The lowest BCUT2D eigenvalue weighted by molar-refractivity contribution is 0.283. The van der Waals surface area contributed by atoms with E-state index in [1.165, 1.54) is 25.8 Å². The molecule has 1 fully saturated rings. The SMILES string of the molecule is c1ccc2c(c1)C[C@H]1CCN[C@H]2C1. The van der Waals surface area contributed by atoms with Gasteiger partial charge in [0, 0.05) is 6.04 Å². The van der Waals surface area contributed by atoms with Crippen LogP contribution in [0, 0.1) is 5.92 Å². The van der Waals surface area contributed by atoms with Crippen molar-refractivity contribution in [3.63, 3.8) is 0 Å². The Morgan fingerprint density at radius 2 is 2.15 bits per heavy atom. The van der Waals surface area contributed by atoms with E-state index in [0.717, 1.165) is 5.92 Å². The minimum Gasteiger partial charge on any atom is -0.310 e. The van der Waals surface area contributed by atoms with Gasteiger partial charge in [0.25, 0.3) is 0 Å². The molecule has 2 atom stereocenters. The number of hydrogen-bond acceptors (Lipinski definition) is 1. The zero-order valence-electron chi connectivity index (χ0n) is 7.79. The minimum absolute atomic E-state index is 0.656. The summed E-state index contributed by atoms with van der Waals surface area (Å²) in [6.45, 7) is 1.21. The van der Waals surface area contributed by atoms with E-state index in [-0.39, 0.29) is 0 Å². The first-order chi connectivity index (χ1) is 6.43. The lowest BCUT2D eigenvalue weighted by Crippen LogP contribution is -2.36. The quantitative estimate of drug-likeness (QED) is 0.634. The maximum atomic E-state index is 3.61. The average molecular weight is 173 g/mol. The average Bonchev–Trinajstić information content (AvgIpc) is 2.18. The van der Waals surface area contributed by atoms with Crippen LogP contribution in [-0.2, 0) is 6.42 Å². The minimum atomic E-state index is 0.656. The van der Waals surface area contributed by atoms with Gasteiger partial charge in [0.2, 0.25) is 0 Å². The van der Waals surface area contributed by atoms with Gasteiger partial charge >= 0.3 is 0 Å². The van der Waals surface area contributed by atoms with Crippen molar-refractivity contribution in [2.24, 2.45) is 5.92 Å². The summed E-state index contributed by atoms with van der Waals surface area (Å²) in [7, 11) is 0. The zero-order valence-corrected chi connectivity index (χ0v) is 7.79. The van der Waals surface area contributed by atoms with Gasteiger partial charge in [-0.1, -0.05) is 24.3 Å². The van der Waals surface area contributed by atoms with Crippen LogP contribution in [-0.4, -0.2) is 6.54 Å². The number of fused-ring (bicyclic) bond motifs is 4. The van der Waals surface area contributed by atoms with Gasteiger partial charge in [-0.3, -0.25) is 0 Å². The third-order valence-corrected chi connectivity index (χ3v) is 3.45. The lowest BCUT2D eigenvalue weighted by Gasteiger charge is -2.36. The molecule has 1 nitrogen and oxygen atoms in total. The Balaban J connectivity index is 2.06. The van der Waals surface area contributed by atoms with E-state index in [1.807, 2.05) is 0 Å². The van der Waals surface area contributed by atoms with Crippen LogP contribution in [0.1, 0.15) is 30.0 Å². The molecule has 0 amide bonds. The molecule has 0 unspecified atom stereocenters. The molecule has 1 aliphatic carbocycles. The lowest BCUT2D eigenvalue weighted by atomic mass is 9.77. The molecule has 0 radical (unpaired) electrons. The van der Waals surface area contributed by atoms with E-state index in [1.54, 1.807) is 11.1 Å². The molecule has 1 aliphatic heterocycles. The topological polar surface area (TPSA) is 12.0 Å². The van der Waals surface area contributed by atoms with Crippen LogP contribution in [0.5, 0.6) is 0 Å². The highest BCUT2D eigenvalue weighted by atomic mass is 14.9. The second-order valence-electron chi connectivity index (χ2n) is 4.30. The van der Waals surface area contributed by atoms with Crippen molar-refractivity contribution in [2.75, 3.05) is 6.54 Å². The van der Waals surface area contributed by atoms with Crippen LogP contribution in [0.3, 0.4) is 0 Å². The normalized spacial score (nSPS) is 31.1. The maximum absolute atomic E-state index is 3.61. The Hall–Kier alpha value is -0.820. The molecule has 0 saturated carbocycles. The smallest absolute Gasteiger partial charge is 0.0325 e. The van der Waals surface area contributed by atoms with E-state index in [0.29, 0.717) is 6.04 Å². The first-order valence-corrected chi connectivity index (χ1v) is 5.24. The Labute approximate surface area is 79.2 Å². The third-order valence-electron chi connectivity index (χ3n) is 3.45. The second-order valence-corrected chi connectivity index (χ2v) is 4.30. The van der Waals surface area contributed by atoms with Gasteiger partial charge in [-0.25, -0.2) is 0 Å². The molecule has 68 valence electrons. The molecular weight excluding hydrogens is 158 g/mol. The summed E-state index contributed by atoms with van der Waals surface area (Å²) in [5.74, 6) is 0.946. The van der Waals surface area contributed by atoms with E-state index in [4.69, 9.17) is 0 Å². The largest absolute Gasteiger partial charge is 0.310 e. The number of benzene rings is 1. The van der Waals surface area contributed by atoms with E-state index in [9.17, 15) is 0 Å². The Bertz CT molecular complexity index is 319. The predicted octanol–water partition coefficient (Wildman–Crippen LogP) is 2.28. The van der Waals surface area contributed by atoms with E-state index < -0.39 is 0 Å². The first-order valence-electron chi connectivity index (χ1n) is 5.24. The van der Waals surface area contributed by atoms with E-state index in [2.05, 4.69) is 29.6 Å². The van der Waals surface area contributed by atoms with E-state index >= 15 is 0 Å². The highest BCUT2D eigenvalue weighted by Gasteiger charge is 2.29. The van der Waals surface area contributed by atoms with Gasteiger partial charge in [-0.2, -0.15) is 0 Å². The van der Waals surface area contributed by atoms with Gasteiger partial charge in [-0.15, -0.1) is 0 Å². The Kier molecular flexibility index (Phi) is 1.66. The monoisotopic (exact) mass is 173 g/mol. The fraction of sp³-hybridized carbons (Fsp3) is 0.500. The summed E-state index contributed by atoms with van der Waals surface area (Å²) in [4.78, 5) is 0. The van der Waals surface area contributed by atoms with Crippen LogP contribution < -0.4 is 5.32 Å². The van der Waals surface area contributed by atoms with Gasteiger partial charge < -0.3 is 5.32 Å². The summed E-state index contributed by atoms with van der Waals surface area (Å²) in [5.41, 5.74) is 3.13. The van der Waals surface area contributed by atoms with Gasteiger partial charge in [0.05, 0.1) is 0 Å². The van der Waals surface area contributed by atoms with Gasteiger partial charge in [0.1, 0.15) is 0 Å². The van der Waals surface area contributed by atoms with Crippen LogP contribution in [0.25, 0.3) is 0 Å². The highest BCUT2D eigenvalue weighted by molar-refractivity contribution is 5.33. The molecule has 0 aromatic heterocycles. The first kappa shape index (κ1) is 7.57. The number of nitrogens with one attached hydrogen (secondary N) is 1. The van der Waals surface area contributed by atoms with Gasteiger partial charge in [-0.05, 0) is 42.9 Å². The molecule has 2 bridgehead atoms. The van der Waals surface area contributed by atoms with Crippen molar-refractivity contribution in [2.45, 2.75) is 25.3 Å². The third kappa shape index (κ3) is 1.19. The molecule has 1 aromatic carbocycles. The second kappa shape index (κ2) is 2.85. The Morgan fingerprint density at radius 1 is 1.23 bits per heavy atom. The Morgan fingerprint density at radius 3 is 3.15 bits per heavy atom. The standard InChI is InChI=1S/C12H15N/c1-2-4-11-10(3-1)7-9-5-6-13-12(11)8-9/h1-4,9,12-13H,5-8H2/t9-,12+/m1/s1. The predicted molar refractivity (Wildman–Crippen MR) is 53.6 cm³/mol. The number of hydrogen-bond donors (Lipinski definition) is 1. The van der Waals surface area contributed by atoms with Crippen molar-refractivity contribution < 1.29 is 0 Å². The molecule has 1 N–H and O–H groups in total. The summed E-state index contributed by atoms with van der Waals surface area (Å²) in [6.07, 6.45) is 4.04. The molecular formula is C12H15N.